The van der Waals surface area contributed by atoms with Gasteiger partial charge < -0.3 is 4.90 Å². The fourth-order valence-electron chi connectivity index (χ4n) is 2.75. The van der Waals surface area contributed by atoms with Crippen LogP contribution >= 0.6 is 11.6 Å². The lowest BCUT2D eigenvalue weighted by molar-refractivity contribution is 0.0701. The average molecular weight is 305 g/mol. The van der Waals surface area contributed by atoms with Gasteiger partial charge in [-0.1, -0.05) is 11.6 Å². The van der Waals surface area contributed by atoms with E-state index in [1.165, 1.54) is 0 Å². The van der Waals surface area contributed by atoms with Crippen LogP contribution in [0.15, 0.2) is 30.6 Å². The van der Waals surface area contributed by atoms with Gasteiger partial charge in [0.05, 0.1) is 5.02 Å². The Morgan fingerprint density at radius 1 is 1.29 bits per heavy atom. The SMILES string of the molecule is Cn1nccc1C(=O)N1CCC(c2ccc(Cl)cn2)CC1. The number of piperidine rings is 1. The van der Waals surface area contributed by atoms with Crippen LogP contribution in [0.1, 0.15) is 34.9 Å². The first-order valence-corrected chi connectivity index (χ1v) is 7.41. The summed E-state index contributed by atoms with van der Waals surface area (Å²) in [6.45, 7) is 1.50. The van der Waals surface area contributed by atoms with Crippen molar-refractivity contribution in [2.24, 2.45) is 7.05 Å². The van der Waals surface area contributed by atoms with E-state index in [9.17, 15) is 4.79 Å². The number of carbonyl (C=O) groups is 1. The van der Waals surface area contributed by atoms with E-state index >= 15 is 0 Å². The topological polar surface area (TPSA) is 51.0 Å². The zero-order chi connectivity index (χ0) is 14.8. The van der Waals surface area contributed by atoms with E-state index in [2.05, 4.69) is 10.1 Å². The average Bonchev–Trinajstić information content (AvgIpc) is 2.94. The first-order chi connectivity index (χ1) is 10.1. The van der Waals surface area contributed by atoms with Gasteiger partial charge >= 0.3 is 0 Å². The molecule has 2 aromatic rings. The number of hydrogen-bond acceptors (Lipinski definition) is 3. The number of aryl methyl sites for hydroxylation is 1. The van der Waals surface area contributed by atoms with Crippen LogP contribution in [0.2, 0.25) is 5.02 Å². The Morgan fingerprint density at radius 3 is 2.62 bits per heavy atom. The van der Waals surface area contributed by atoms with Crippen LogP contribution in [0.4, 0.5) is 0 Å². The van der Waals surface area contributed by atoms with Gasteiger partial charge in [0.25, 0.3) is 5.91 Å². The molecular formula is C15H17ClN4O. The number of carbonyl (C=O) groups excluding carboxylic acids is 1. The summed E-state index contributed by atoms with van der Waals surface area (Å²) in [6, 6.07) is 5.61. The van der Waals surface area contributed by atoms with Gasteiger partial charge in [0.2, 0.25) is 0 Å². The van der Waals surface area contributed by atoms with Gasteiger partial charge in [-0.3, -0.25) is 14.5 Å². The molecule has 2 aromatic heterocycles. The largest absolute Gasteiger partial charge is 0.337 e. The minimum atomic E-state index is 0.0533. The predicted molar refractivity (Wildman–Crippen MR) is 80.3 cm³/mol. The number of amides is 1. The Bertz CT molecular complexity index is 629. The molecule has 0 aliphatic carbocycles. The highest BCUT2D eigenvalue weighted by Crippen LogP contribution is 2.27. The summed E-state index contributed by atoms with van der Waals surface area (Å²) in [5, 5.41) is 4.71. The monoisotopic (exact) mass is 304 g/mol. The van der Waals surface area contributed by atoms with Crippen molar-refractivity contribution >= 4 is 17.5 Å². The number of rotatable bonds is 2. The zero-order valence-corrected chi connectivity index (χ0v) is 12.6. The highest BCUT2D eigenvalue weighted by atomic mass is 35.5. The molecule has 0 spiro atoms. The number of pyridine rings is 1. The summed E-state index contributed by atoms with van der Waals surface area (Å²) in [4.78, 5) is 18.7. The smallest absolute Gasteiger partial charge is 0.272 e. The Morgan fingerprint density at radius 2 is 2.05 bits per heavy atom. The first kappa shape index (κ1) is 14.1. The van der Waals surface area contributed by atoms with E-state index in [1.807, 2.05) is 17.0 Å². The first-order valence-electron chi connectivity index (χ1n) is 7.04. The summed E-state index contributed by atoms with van der Waals surface area (Å²) < 4.78 is 1.62. The van der Waals surface area contributed by atoms with Crippen molar-refractivity contribution < 1.29 is 4.79 Å². The maximum Gasteiger partial charge on any atom is 0.272 e. The second kappa shape index (κ2) is 5.85. The fraction of sp³-hybridized carbons (Fsp3) is 0.400. The van der Waals surface area contributed by atoms with Gasteiger partial charge in [0.15, 0.2) is 0 Å². The van der Waals surface area contributed by atoms with Gasteiger partial charge in [-0.05, 0) is 31.0 Å². The molecule has 0 atom stereocenters. The van der Waals surface area contributed by atoms with Gasteiger partial charge in [0, 0.05) is 44.1 Å². The molecule has 0 N–H and O–H groups in total. The minimum Gasteiger partial charge on any atom is -0.337 e. The lowest BCUT2D eigenvalue weighted by Crippen LogP contribution is -2.38. The molecule has 1 fully saturated rings. The molecule has 0 unspecified atom stereocenters. The maximum atomic E-state index is 12.4. The van der Waals surface area contributed by atoms with E-state index in [-0.39, 0.29) is 5.91 Å². The molecule has 6 heteroatoms. The maximum absolute atomic E-state index is 12.4. The third-order valence-corrected chi connectivity index (χ3v) is 4.21. The Balaban J connectivity index is 1.64. The van der Waals surface area contributed by atoms with Crippen LogP contribution in [0, 0.1) is 0 Å². The van der Waals surface area contributed by atoms with Crippen molar-refractivity contribution in [1.29, 1.82) is 0 Å². The van der Waals surface area contributed by atoms with Crippen LogP contribution in [0.3, 0.4) is 0 Å². The number of hydrogen-bond donors (Lipinski definition) is 0. The van der Waals surface area contributed by atoms with E-state index in [0.29, 0.717) is 16.6 Å². The lowest BCUT2D eigenvalue weighted by atomic mass is 9.93. The minimum absolute atomic E-state index is 0.0533. The molecule has 1 amide bonds. The van der Waals surface area contributed by atoms with Gasteiger partial charge in [-0.25, -0.2) is 0 Å². The second-order valence-corrected chi connectivity index (χ2v) is 5.74. The van der Waals surface area contributed by atoms with Crippen LogP contribution in [0.5, 0.6) is 0 Å². The van der Waals surface area contributed by atoms with E-state index in [1.54, 1.807) is 30.2 Å². The molecule has 1 aliphatic heterocycles. The summed E-state index contributed by atoms with van der Waals surface area (Å²) in [5.41, 5.74) is 1.70. The molecule has 3 heterocycles. The lowest BCUT2D eigenvalue weighted by Gasteiger charge is -2.31. The highest BCUT2D eigenvalue weighted by molar-refractivity contribution is 6.30. The molecule has 1 saturated heterocycles. The number of halogens is 1. The fourth-order valence-corrected chi connectivity index (χ4v) is 2.86. The summed E-state index contributed by atoms with van der Waals surface area (Å²) in [5.74, 6) is 0.454. The number of nitrogens with zero attached hydrogens (tertiary/aromatic N) is 4. The molecule has 0 saturated carbocycles. The van der Waals surface area contributed by atoms with Crippen molar-refractivity contribution in [2.45, 2.75) is 18.8 Å². The van der Waals surface area contributed by atoms with Gasteiger partial charge in [0.1, 0.15) is 5.69 Å². The molecule has 0 aromatic carbocycles. The van der Waals surface area contributed by atoms with Crippen molar-refractivity contribution in [1.82, 2.24) is 19.7 Å². The standard InChI is InChI=1S/C15H17ClN4O/c1-19-14(4-7-18-19)15(21)20-8-5-11(6-9-20)13-3-2-12(16)10-17-13/h2-4,7,10-11H,5-6,8-9H2,1H3. The van der Waals surface area contributed by atoms with E-state index in [0.717, 1.165) is 31.6 Å². The third-order valence-electron chi connectivity index (χ3n) is 3.99. The quantitative estimate of drug-likeness (QED) is 0.856. The molecular weight excluding hydrogens is 288 g/mol. The molecule has 21 heavy (non-hydrogen) atoms. The molecule has 110 valence electrons. The molecule has 3 rings (SSSR count). The van der Waals surface area contributed by atoms with Crippen LogP contribution < -0.4 is 0 Å². The van der Waals surface area contributed by atoms with Crippen molar-refractivity contribution in [2.75, 3.05) is 13.1 Å². The highest BCUT2D eigenvalue weighted by Gasteiger charge is 2.26. The molecule has 1 aliphatic rings. The summed E-state index contributed by atoms with van der Waals surface area (Å²) >= 11 is 5.86. The van der Waals surface area contributed by atoms with Crippen molar-refractivity contribution in [3.8, 4) is 0 Å². The van der Waals surface area contributed by atoms with Crippen LogP contribution in [-0.2, 0) is 7.05 Å². The Kier molecular flexibility index (Phi) is 3.92. The number of aromatic nitrogens is 3. The van der Waals surface area contributed by atoms with Crippen molar-refractivity contribution in [3.05, 3.63) is 47.0 Å². The Hall–Kier alpha value is -1.88. The van der Waals surface area contributed by atoms with Crippen LogP contribution in [0.25, 0.3) is 0 Å². The Labute approximate surface area is 128 Å². The normalized spacial score (nSPS) is 16.2. The molecule has 5 nitrogen and oxygen atoms in total. The molecule has 0 bridgehead atoms. The van der Waals surface area contributed by atoms with Crippen molar-refractivity contribution in [3.63, 3.8) is 0 Å². The summed E-state index contributed by atoms with van der Waals surface area (Å²) in [7, 11) is 1.79. The second-order valence-electron chi connectivity index (χ2n) is 5.31. The van der Waals surface area contributed by atoms with Gasteiger partial charge in [-0.2, -0.15) is 5.10 Å². The van der Waals surface area contributed by atoms with E-state index < -0.39 is 0 Å². The van der Waals surface area contributed by atoms with E-state index in [4.69, 9.17) is 11.6 Å². The zero-order valence-electron chi connectivity index (χ0n) is 11.9. The molecule has 0 radical (unpaired) electrons. The number of likely N-dealkylation sites (tertiary alicyclic amines) is 1. The summed E-state index contributed by atoms with van der Waals surface area (Å²) in [6.07, 6.45) is 5.19. The third kappa shape index (κ3) is 2.93. The predicted octanol–water partition coefficient (Wildman–Crippen LogP) is 2.49. The van der Waals surface area contributed by atoms with Crippen LogP contribution in [-0.4, -0.2) is 38.7 Å². The van der Waals surface area contributed by atoms with Gasteiger partial charge in [-0.15, -0.1) is 0 Å².